The number of carbonyl (C=O) groups is 1. The van der Waals surface area contributed by atoms with E-state index in [-0.39, 0.29) is 5.78 Å². The van der Waals surface area contributed by atoms with Gasteiger partial charge in [-0.25, -0.2) is 0 Å². The monoisotopic (exact) mass is 381 g/mol. The third-order valence-corrected chi connectivity index (χ3v) is 5.68. The molecule has 0 fully saturated rings. The molecule has 29 heavy (non-hydrogen) atoms. The Balaban J connectivity index is 1.58. The summed E-state index contributed by atoms with van der Waals surface area (Å²) >= 11 is 0. The molecule has 0 unspecified atom stereocenters. The Kier molecular flexibility index (Phi) is 5.62. The molecule has 3 aromatic carbocycles. The van der Waals surface area contributed by atoms with E-state index in [0.717, 1.165) is 48.1 Å². The summed E-state index contributed by atoms with van der Waals surface area (Å²) in [6.07, 6.45) is 7.42. The standard InChI is InChI=1S/C27H27NO/c1-28(2)25-16-11-22(12-17-25)13-18-27(29)26-19-23-8-7-20-3-5-21(6-4-20)9-14-24(26)15-10-23/h3-6,10-13,15-19H,7-9,14H2,1-2H3/b18-13+. The Bertz CT molecular complexity index is 1030. The van der Waals surface area contributed by atoms with Crippen molar-refractivity contribution in [3.05, 3.63) is 106 Å². The van der Waals surface area contributed by atoms with Gasteiger partial charge in [0.1, 0.15) is 0 Å². The zero-order chi connectivity index (χ0) is 20.2. The van der Waals surface area contributed by atoms with Crippen LogP contribution in [0.1, 0.15) is 38.2 Å². The molecular weight excluding hydrogens is 354 g/mol. The fourth-order valence-electron chi connectivity index (χ4n) is 3.81. The number of rotatable bonds is 4. The predicted octanol–water partition coefficient (Wildman–Crippen LogP) is 5.53. The lowest BCUT2D eigenvalue weighted by atomic mass is 9.91. The first kappa shape index (κ1) is 19.2. The quantitative estimate of drug-likeness (QED) is 0.437. The van der Waals surface area contributed by atoms with Gasteiger partial charge in [0.2, 0.25) is 0 Å². The van der Waals surface area contributed by atoms with Crippen LogP contribution in [-0.2, 0) is 25.7 Å². The number of hydrogen-bond acceptors (Lipinski definition) is 2. The second kappa shape index (κ2) is 8.48. The van der Waals surface area contributed by atoms with E-state index in [1.807, 2.05) is 32.3 Å². The van der Waals surface area contributed by atoms with Crippen LogP contribution in [0.2, 0.25) is 0 Å². The summed E-state index contributed by atoms with van der Waals surface area (Å²) in [6.45, 7) is 0. The summed E-state index contributed by atoms with van der Waals surface area (Å²) in [4.78, 5) is 15.1. The number of ketones is 1. The van der Waals surface area contributed by atoms with Gasteiger partial charge >= 0.3 is 0 Å². The molecule has 4 aliphatic carbocycles. The van der Waals surface area contributed by atoms with E-state index in [2.05, 4.69) is 59.5 Å². The van der Waals surface area contributed by atoms with Gasteiger partial charge in [0.25, 0.3) is 0 Å². The third-order valence-electron chi connectivity index (χ3n) is 5.68. The fourth-order valence-corrected chi connectivity index (χ4v) is 3.81. The highest BCUT2D eigenvalue weighted by Crippen LogP contribution is 2.21. The van der Waals surface area contributed by atoms with Crippen LogP contribution in [0, 0.1) is 0 Å². The molecular formula is C27H27NO. The minimum atomic E-state index is 0.0875. The molecule has 0 radical (unpaired) electrons. The third kappa shape index (κ3) is 4.65. The average Bonchev–Trinajstić information content (AvgIpc) is 2.74. The largest absolute Gasteiger partial charge is 0.378 e. The van der Waals surface area contributed by atoms with Crippen LogP contribution in [0.4, 0.5) is 5.69 Å². The van der Waals surface area contributed by atoms with Gasteiger partial charge < -0.3 is 4.90 Å². The van der Waals surface area contributed by atoms with E-state index in [4.69, 9.17) is 0 Å². The van der Waals surface area contributed by atoms with Gasteiger partial charge in [-0.05, 0) is 77.8 Å². The van der Waals surface area contributed by atoms with Crippen molar-refractivity contribution >= 4 is 17.5 Å². The van der Waals surface area contributed by atoms with E-state index in [1.54, 1.807) is 6.08 Å². The van der Waals surface area contributed by atoms with Crippen LogP contribution in [0.3, 0.4) is 0 Å². The number of allylic oxidation sites excluding steroid dienone is 1. The SMILES string of the molecule is CN(C)c1ccc(/C=C/C(=O)c2cc3ccc2CCc2ccc(cc2)CC3)cc1. The summed E-state index contributed by atoms with van der Waals surface area (Å²) in [5.41, 5.74) is 8.08. The maximum atomic E-state index is 13.0. The Labute approximate surface area is 173 Å². The first-order valence-corrected chi connectivity index (χ1v) is 10.3. The normalized spacial score (nSPS) is 13.3. The van der Waals surface area contributed by atoms with Crippen molar-refractivity contribution in [3.8, 4) is 0 Å². The maximum absolute atomic E-state index is 13.0. The second-order valence-electron chi connectivity index (χ2n) is 7.99. The molecule has 4 aliphatic rings. The van der Waals surface area contributed by atoms with Crippen molar-refractivity contribution in [3.63, 3.8) is 0 Å². The van der Waals surface area contributed by atoms with Crippen LogP contribution >= 0.6 is 0 Å². The van der Waals surface area contributed by atoms with Crippen molar-refractivity contribution in [2.45, 2.75) is 25.7 Å². The summed E-state index contributed by atoms with van der Waals surface area (Å²) < 4.78 is 0. The van der Waals surface area contributed by atoms with Gasteiger partial charge in [-0.1, -0.05) is 54.6 Å². The molecule has 7 rings (SSSR count). The van der Waals surface area contributed by atoms with E-state index in [9.17, 15) is 4.79 Å². The smallest absolute Gasteiger partial charge is 0.186 e. The first-order chi connectivity index (χ1) is 14.1. The predicted molar refractivity (Wildman–Crippen MR) is 122 cm³/mol. The van der Waals surface area contributed by atoms with E-state index in [1.165, 1.54) is 16.7 Å². The van der Waals surface area contributed by atoms with E-state index < -0.39 is 0 Å². The zero-order valence-electron chi connectivity index (χ0n) is 17.2. The van der Waals surface area contributed by atoms with Crippen molar-refractivity contribution in [1.29, 1.82) is 0 Å². The van der Waals surface area contributed by atoms with Crippen LogP contribution in [0.25, 0.3) is 6.08 Å². The van der Waals surface area contributed by atoms with Crippen molar-refractivity contribution < 1.29 is 4.79 Å². The molecule has 2 heteroatoms. The van der Waals surface area contributed by atoms with Gasteiger partial charge in [0.05, 0.1) is 0 Å². The summed E-state index contributed by atoms with van der Waals surface area (Å²) in [5.74, 6) is 0.0875. The molecule has 146 valence electrons. The Morgan fingerprint density at radius 2 is 1.34 bits per heavy atom. The number of benzene rings is 3. The highest BCUT2D eigenvalue weighted by molar-refractivity contribution is 6.08. The van der Waals surface area contributed by atoms with Crippen molar-refractivity contribution in [2.24, 2.45) is 0 Å². The molecule has 4 bridgehead atoms. The number of hydrogen-bond donors (Lipinski definition) is 0. The maximum Gasteiger partial charge on any atom is 0.186 e. The first-order valence-electron chi connectivity index (χ1n) is 10.3. The van der Waals surface area contributed by atoms with Gasteiger partial charge in [0.15, 0.2) is 5.78 Å². The van der Waals surface area contributed by atoms with E-state index in [0.29, 0.717) is 0 Å². The Hall–Kier alpha value is -3.13. The molecule has 0 aliphatic heterocycles. The topological polar surface area (TPSA) is 20.3 Å². The van der Waals surface area contributed by atoms with Gasteiger partial charge in [-0.2, -0.15) is 0 Å². The Morgan fingerprint density at radius 3 is 2.00 bits per heavy atom. The molecule has 3 aromatic rings. The number of anilines is 1. The summed E-state index contributed by atoms with van der Waals surface area (Å²) in [5, 5.41) is 0. The lowest BCUT2D eigenvalue weighted by Gasteiger charge is -2.13. The molecule has 0 saturated carbocycles. The zero-order valence-corrected chi connectivity index (χ0v) is 17.2. The number of carbonyl (C=O) groups excluding carboxylic acids is 1. The lowest BCUT2D eigenvalue weighted by molar-refractivity contribution is 0.104. The summed E-state index contributed by atoms with van der Waals surface area (Å²) in [6, 6.07) is 23.6. The average molecular weight is 382 g/mol. The molecule has 0 aromatic heterocycles. The minimum absolute atomic E-state index is 0.0875. The van der Waals surface area contributed by atoms with E-state index >= 15 is 0 Å². The Morgan fingerprint density at radius 1 is 0.759 bits per heavy atom. The molecule has 0 saturated heterocycles. The lowest BCUT2D eigenvalue weighted by Crippen LogP contribution is -2.08. The molecule has 0 atom stereocenters. The fraction of sp³-hybridized carbons (Fsp3) is 0.222. The van der Waals surface area contributed by atoms with Gasteiger partial charge in [-0.15, -0.1) is 0 Å². The molecule has 0 heterocycles. The molecule has 2 nitrogen and oxygen atoms in total. The van der Waals surface area contributed by atoms with Gasteiger partial charge in [0, 0.05) is 25.3 Å². The number of aryl methyl sites for hydroxylation is 4. The van der Waals surface area contributed by atoms with Crippen molar-refractivity contribution in [1.82, 2.24) is 0 Å². The minimum Gasteiger partial charge on any atom is -0.378 e. The number of nitrogens with zero attached hydrogens (tertiary/aromatic N) is 1. The van der Waals surface area contributed by atoms with Gasteiger partial charge in [-0.3, -0.25) is 4.79 Å². The highest BCUT2D eigenvalue weighted by Gasteiger charge is 2.12. The molecule has 0 spiro atoms. The van der Waals surface area contributed by atoms with Crippen LogP contribution in [0.15, 0.2) is 72.8 Å². The summed E-state index contributed by atoms with van der Waals surface area (Å²) in [7, 11) is 4.05. The van der Waals surface area contributed by atoms with Crippen LogP contribution < -0.4 is 4.90 Å². The molecule has 0 amide bonds. The van der Waals surface area contributed by atoms with Crippen LogP contribution in [-0.4, -0.2) is 19.9 Å². The van der Waals surface area contributed by atoms with Crippen LogP contribution in [0.5, 0.6) is 0 Å². The van der Waals surface area contributed by atoms with Crippen molar-refractivity contribution in [2.75, 3.05) is 19.0 Å². The second-order valence-corrected chi connectivity index (χ2v) is 7.99. The highest BCUT2D eigenvalue weighted by atomic mass is 16.1. The molecule has 0 N–H and O–H groups in total.